The summed E-state index contributed by atoms with van der Waals surface area (Å²) < 4.78 is 9.64. The minimum absolute atomic E-state index is 0.119. The molecule has 1 saturated heterocycles. The number of anilines is 1. The molecule has 3 aromatic rings. The summed E-state index contributed by atoms with van der Waals surface area (Å²) in [6, 6.07) is 6.20. The summed E-state index contributed by atoms with van der Waals surface area (Å²) in [5.41, 5.74) is 3.45. The monoisotopic (exact) mass is 338 g/mol. The number of morpholine rings is 1. The van der Waals surface area contributed by atoms with E-state index in [1.807, 2.05) is 34.6 Å². The van der Waals surface area contributed by atoms with E-state index in [1.54, 1.807) is 12.5 Å². The van der Waals surface area contributed by atoms with Crippen molar-refractivity contribution in [2.75, 3.05) is 24.7 Å². The molecule has 1 aliphatic heterocycles. The van der Waals surface area contributed by atoms with Gasteiger partial charge in [-0.25, -0.2) is 9.97 Å². The molecule has 4 heterocycles. The van der Waals surface area contributed by atoms with E-state index in [4.69, 9.17) is 9.72 Å². The number of hydrogen-bond donors (Lipinski definition) is 0. The molecular formula is C18H22N6O. The fourth-order valence-electron chi connectivity index (χ4n) is 3.50. The van der Waals surface area contributed by atoms with E-state index in [9.17, 15) is 0 Å². The van der Waals surface area contributed by atoms with Crippen LogP contribution in [0.3, 0.4) is 0 Å². The minimum Gasteiger partial charge on any atom is -0.377 e. The SMILES string of the molecule is Cc1nn(C)c(C)c1C1COCCN1c1cccc(-n2ccnc2)n1. The molecule has 25 heavy (non-hydrogen) atoms. The second kappa shape index (κ2) is 6.33. The molecule has 4 rings (SSSR count). The van der Waals surface area contributed by atoms with Gasteiger partial charge < -0.3 is 9.64 Å². The molecule has 7 heteroatoms. The van der Waals surface area contributed by atoms with E-state index >= 15 is 0 Å². The van der Waals surface area contributed by atoms with Gasteiger partial charge in [-0.2, -0.15) is 5.10 Å². The van der Waals surface area contributed by atoms with Crippen LogP contribution in [0.2, 0.25) is 0 Å². The van der Waals surface area contributed by atoms with E-state index in [-0.39, 0.29) is 6.04 Å². The summed E-state index contributed by atoms with van der Waals surface area (Å²) in [7, 11) is 1.98. The summed E-state index contributed by atoms with van der Waals surface area (Å²) in [6.45, 7) is 6.32. The first kappa shape index (κ1) is 15.8. The summed E-state index contributed by atoms with van der Waals surface area (Å²) >= 11 is 0. The van der Waals surface area contributed by atoms with Crippen LogP contribution in [0.4, 0.5) is 5.82 Å². The lowest BCUT2D eigenvalue weighted by Gasteiger charge is -2.37. The molecule has 0 saturated carbocycles. The standard InChI is InChI=1S/C18H22N6O/c1-13-18(14(2)22(3)21-13)15-11-25-10-9-24(15)17-6-4-5-16(20-17)23-8-7-19-12-23/h4-8,12,15H,9-11H2,1-3H3. The van der Waals surface area contributed by atoms with Crippen LogP contribution in [0.25, 0.3) is 5.82 Å². The van der Waals surface area contributed by atoms with Crippen molar-refractivity contribution in [3.63, 3.8) is 0 Å². The van der Waals surface area contributed by atoms with Gasteiger partial charge in [0.2, 0.25) is 0 Å². The highest BCUT2D eigenvalue weighted by Crippen LogP contribution is 2.32. The Hall–Kier alpha value is -2.67. The maximum Gasteiger partial charge on any atom is 0.140 e. The number of aromatic nitrogens is 5. The fourth-order valence-corrected chi connectivity index (χ4v) is 3.50. The average Bonchev–Trinajstić information content (AvgIpc) is 3.24. The first-order chi connectivity index (χ1) is 12.1. The highest BCUT2D eigenvalue weighted by molar-refractivity contribution is 5.47. The lowest BCUT2D eigenvalue weighted by Crippen LogP contribution is -2.40. The zero-order valence-corrected chi connectivity index (χ0v) is 14.8. The number of hydrogen-bond acceptors (Lipinski definition) is 5. The molecule has 130 valence electrons. The molecule has 0 bridgehead atoms. The maximum atomic E-state index is 5.79. The van der Waals surface area contributed by atoms with E-state index in [0.717, 1.165) is 23.9 Å². The van der Waals surface area contributed by atoms with Gasteiger partial charge in [0.25, 0.3) is 0 Å². The second-order valence-electron chi connectivity index (χ2n) is 6.32. The molecule has 0 amide bonds. The zero-order chi connectivity index (χ0) is 17.4. The number of imidazole rings is 1. The van der Waals surface area contributed by atoms with Gasteiger partial charge in [-0.15, -0.1) is 0 Å². The second-order valence-corrected chi connectivity index (χ2v) is 6.32. The third-order valence-electron chi connectivity index (χ3n) is 4.81. The van der Waals surface area contributed by atoms with Gasteiger partial charge in [0.05, 0.1) is 24.9 Å². The quantitative estimate of drug-likeness (QED) is 0.733. The van der Waals surface area contributed by atoms with Crippen molar-refractivity contribution in [1.82, 2.24) is 24.3 Å². The third-order valence-corrected chi connectivity index (χ3v) is 4.81. The van der Waals surface area contributed by atoms with Gasteiger partial charge in [-0.3, -0.25) is 9.25 Å². The van der Waals surface area contributed by atoms with Crippen LogP contribution in [0.1, 0.15) is 23.0 Å². The van der Waals surface area contributed by atoms with Gasteiger partial charge in [-0.05, 0) is 26.0 Å². The lowest BCUT2D eigenvalue weighted by atomic mass is 10.0. The number of aryl methyl sites for hydroxylation is 2. The normalized spacial score (nSPS) is 17.9. The molecule has 1 fully saturated rings. The molecule has 1 atom stereocenters. The Morgan fingerprint density at radius 2 is 2.04 bits per heavy atom. The Bertz CT molecular complexity index is 870. The topological polar surface area (TPSA) is 61.0 Å². The predicted octanol–water partition coefficient (Wildman–Crippen LogP) is 2.20. The molecular weight excluding hydrogens is 316 g/mol. The number of nitrogens with zero attached hydrogens (tertiary/aromatic N) is 6. The highest BCUT2D eigenvalue weighted by atomic mass is 16.5. The molecule has 0 radical (unpaired) electrons. The van der Waals surface area contributed by atoms with Crippen molar-refractivity contribution in [2.24, 2.45) is 7.05 Å². The lowest BCUT2D eigenvalue weighted by molar-refractivity contribution is 0.0933. The van der Waals surface area contributed by atoms with Gasteiger partial charge in [0.15, 0.2) is 0 Å². The van der Waals surface area contributed by atoms with Crippen LogP contribution in [0.15, 0.2) is 36.9 Å². The largest absolute Gasteiger partial charge is 0.377 e. The van der Waals surface area contributed by atoms with Crippen LogP contribution in [0, 0.1) is 13.8 Å². The Morgan fingerprint density at radius 1 is 1.20 bits per heavy atom. The van der Waals surface area contributed by atoms with Crippen LogP contribution in [0.5, 0.6) is 0 Å². The summed E-state index contributed by atoms with van der Waals surface area (Å²) in [4.78, 5) is 11.3. The van der Waals surface area contributed by atoms with Crippen LogP contribution >= 0.6 is 0 Å². The molecule has 1 unspecified atom stereocenters. The van der Waals surface area contributed by atoms with Crippen molar-refractivity contribution in [1.29, 1.82) is 0 Å². The van der Waals surface area contributed by atoms with Gasteiger partial charge >= 0.3 is 0 Å². The minimum atomic E-state index is 0.119. The highest BCUT2D eigenvalue weighted by Gasteiger charge is 2.30. The summed E-state index contributed by atoms with van der Waals surface area (Å²) in [5, 5.41) is 4.57. The van der Waals surface area contributed by atoms with Gasteiger partial charge in [-0.1, -0.05) is 6.07 Å². The Labute approximate surface area is 146 Å². The van der Waals surface area contributed by atoms with Gasteiger partial charge in [0.1, 0.15) is 18.0 Å². The Balaban J connectivity index is 1.74. The van der Waals surface area contributed by atoms with Crippen molar-refractivity contribution >= 4 is 5.82 Å². The Kier molecular flexibility index (Phi) is 4.01. The number of rotatable bonds is 3. The smallest absolute Gasteiger partial charge is 0.140 e. The van der Waals surface area contributed by atoms with Crippen molar-refractivity contribution in [2.45, 2.75) is 19.9 Å². The molecule has 7 nitrogen and oxygen atoms in total. The summed E-state index contributed by atoms with van der Waals surface area (Å²) in [5.74, 6) is 1.81. The third kappa shape index (κ3) is 2.80. The summed E-state index contributed by atoms with van der Waals surface area (Å²) in [6.07, 6.45) is 5.42. The van der Waals surface area contributed by atoms with Gasteiger partial charge in [0, 0.05) is 37.2 Å². The Morgan fingerprint density at radius 3 is 2.76 bits per heavy atom. The number of pyridine rings is 1. The molecule has 3 aromatic heterocycles. The van der Waals surface area contributed by atoms with E-state index in [0.29, 0.717) is 13.2 Å². The van der Waals surface area contributed by atoms with Crippen molar-refractivity contribution in [3.05, 3.63) is 53.9 Å². The predicted molar refractivity (Wildman–Crippen MR) is 94.9 cm³/mol. The van der Waals surface area contributed by atoms with E-state index in [2.05, 4.69) is 34.9 Å². The van der Waals surface area contributed by atoms with E-state index in [1.165, 1.54) is 11.3 Å². The zero-order valence-electron chi connectivity index (χ0n) is 14.8. The molecule has 0 N–H and O–H groups in total. The van der Waals surface area contributed by atoms with Crippen LogP contribution < -0.4 is 4.90 Å². The number of ether oxygens (including phenoxy) is 1. The molecule has 0 aromatic carbocycles. The molecule has 0 spiro atoms. The molecule has 1 aliphatic rings. The first-order valence-corrected chi connectivity index (χ1v) is 8.45. The van der Waals surface area contributed by atoms with Crippen LogP contribution in [-0.2, 0) is 11.8 Å². The average molecular weight is 338 g/mol. The fraction of sp³-hybridized carbons (Fsp3) is 0.389. The maximum absolute atomic E-state index is 5.79. The molecule has 0 aliphatic carbocycles. The van der Waals surface area contributed by atoms with Crippen molar-refractivity contribution < 1.29 is 4.74 Å². The first-order valence-electron chi connectivity index (χ1n) is 8.45. The van der Waals surface area contributed by atoms with Crippen molar-refractivity contribution in [3.8, 4) is 5.82 Å². The van der Waals surface area contributed by atoms with Crippen LogP contribution in [-0.4, -0.2) is 44.1 Å². The van der Waals surface area contributed by atoms with E-state index < -0.39 is 0 Å².